The summed E-state index contributed by atoms with van der Waals surface area (Å²) in [6, 6.07) is 15.4. The minimum Gasteiger partial charge on any atom is -0.457 e. The molecule has 2 N–H and O–H groups in total. The SMILES string of the molecule is NC(c1cccc(I)c1)c1cc2cccc(Cl)c2o1. The molecule has 0 saturated heterocycles. The van der Waals surface area contributed by atoms with Crippen LogP contribution in [0.1, 0.15) is 17.4 Å². The van der Waals surface area contributed by atoms with Crippen molar-refractivity contribution in [3.8, 4) is 0 Å². The Morgan fingerprint density at radius 1 is 1.11 bits per heavy atom. The Labute approximate surface area is 129 Å². The lowest BCUT2D eigenvalue weighted by Gasteiger charge is -2.09. The summed E-state index contributed by atoms with van der Waals surface area (Å²) < 4.78 is 6.95. The topological polar surface area (TPSA) is 39.2 Å². The van der Waals surface area contributed by atoms with Gasteiger partial charge in [-0.1, -0.05) is 35.9 Å². The second-order valence-corrected chi connectivity index (χ2v) is 5.99. The normalized spacial score (nSPS) is 12.8. The monoisotopic (exact) mass is 383 g/mol. The summed E-state index contributed by atoms with van der Waals surface area (Å²) in [5, 5.41) is 1.59. The zero-order valence-electron chi connectivity index (χ0n) is 9.94. The number of benzene rings is 2. The Bertz CT molecular complexity index is 738. The number of furan rings is 1. The van der Waals surface area contributed by atoms with Gasteiger partial charge in [0.05, 0.1) is 11.1 Å². The van der Waals surface area contributed by atoms with Crippen LogP contribution in [0.15, 0.2) is 52.9 Å². The predicted molar refractivity (Wildman–Crippen MR) is 86.4 cm³/mol. The number of rotatable bonds is 2. The van der Waals surface area contributed by atoms with E-state index in [1.54, 1.807) is 0 Å². The molecule has 0 fully saturated rings. The number of fused-ring (bicyclic) bond motifs is 1. The smallest absolute Gasteiger partial charge is 0.152 e. The van der Waals surface area contributed by atoms with Gasteiger partial charge in [-0.05, 0) is 52.4 Å². The molecule has 19 heavy (non-hydrogen) atoms. The van der Waals surface area contributed by atoms with Crippen molar-refractivity contribution in [3.05, 3.63) is 68.4 Å². The molecule has 3 rings (SSSR count). The van der Waals surface area contributed by atoms with Crippen LogP contribution in [0.5, 0.6) is 0 Å². The fourth-order valence-electron chi connectivity index (χ4n) is 2.07. The van der Waals surface area contributed by atoms with Gasteiger partial charge in [0.1, 0.15) is 5.76 Å². The summed E-state index contributed by atoms with van der Waals surface area (Å²) in [5.41, 5.74) is 7.98. The fraction of sp³-hybridized carbons (Fsp3) is 0.0667. The Morgan fingerprint density at radius 3 is 2.63 bits per heavy atom. The highest BCUT2D eigenvalue weighted by atomic mass is 127. The van der Waals surface area contributed by atoms with Gasteiger partial charge in [0.25, 0.3) is 0 Å². The Morgan fingerprint density at radius 2 is 1.89 bits per heavy atom. The van der Waals surface area contributed by atoms with E-state index < -0.39 is 0 Å². The highest BCUT2D eigenvalue weighted by molar-refractivity contribution is 14.1. The van der Waals surface area contributed by atoms with Crippen LogP contribution in [-0.4, -0.2) is 0 Å². The van der Waals surface area contributed by atoms with E-state index >= 15 is 0 Å². The predicted octanol–water partition coefficient (Wildman–Crippen LogP) is 4.74. The molecular weight excluding hydrogens is 373 g/mol. The van der Waals surface area contributed by atoms with Crippen LogP contribution in [-0.2, 0) is 0 Å². The van der Waals surface area contributed by atoms with Crippen LogP contribution in [0, 0.1) is 3.57 Å². The van der Waals surface area contributed by atoms with Crippen LogP contribution >= 0.6 is 34.2 Å². The van der Waals surface area contributed by atoms with E-state index in [1.807, 2.05) is 42.5 Å². The molecule has 0 radical (unpaired) electrons. The molecule has 0 aliphatic heterocycles. The zero-order valence-corrected chi connectivity index (χ0v) is 12.9. The minimum absolute atomic E-state index is 0.279. The van der Waals surface area contributed by atoms with Crippen LogP contribution in [0.4, 0.5) is 0 Å². The molecule has 1 unspecified atom stereocenters. The highest BCUT2D eigenvalue weighted by Gasteiger charge is 2.15. The van der Waals surface area contributed by atoms with Gasteiger partial charge in [0.2, 0.25) is 0 Å². The highest BCUT2D eigenvalue weighted by Crippen LogP contribution is 2.31. The molecule has 4 heteroatoms. The molecule has 0 aliphatic carbocycles. The minimum atomic E-state index is -0.279. The van der Waals surface area contributed by atoms with Crippen LogP contribution in [0.3, 0.4) is 0 Å². The molecule has 1 heterocycles. The number of para-hydroxylation sites is 1. The van der Waals surface area contributed by atoms with Crippen molar-refractivity contribution < 1.29 is 4.42 Å². The first kappa shape index (κ1) is 13.0. The maximum absolute atomic E-state index is 6.26. The average molecular weight is 384 g/mol. The summed E-state index contributed by atoms with van der Waals surface area (Å²) in [6.07, 6.45) is 0. The van der Waals surface area contributed by atoms with Crippen molar-refractivity contribution in [3.63, 3.8) is 0 Å². The quantitative estimate of drug-likeness (QED) is 0.649. The van der Waals surface area contributed by atoms with E-state index in [0.717, 1.165) is 20.3 Å². The Balaban J connectivity index is 2.06. The first-order valence-corrected chi connectivity index (χ1v) is 7.30. The van der Waals surface area contributed by atoms with Gasteiger partial charge in [-0.15, -0.1) is 0 Å². The average Bonchev–Trinajstić information content (AvgIpc) is 2.83. The standard InChI is InChI=1S/C15H11ClINO/c16-12-6-2-4-10-8-13(19-15(10)12)14(18)9-3-1-5-11(17)7-9/h1-8,14H,18H2. The first-order chi connectivity index (χ1) is 9.15. The van der Waals surface area contributed by atoms with Crippen LogP contribution in [0.25, 0.3) is 11.0 Å². The molecule has 1 atom stereocenters. The van der Waals surface area contributed by atoms with E-state index in [2.05, 4.69) is 28.7 Å². The molecule has 0 saturated carbocycles. The molecule has 0 spiro atoms. The third-order valence-electron chi connectivity index (χ3n) is 3.03. The third kappa shape index (κ3) is 2.50. The molecule has 3 aromatic rings. The van der Waals surface area contributed by atoms with Crippen molar-refractivity contribution in [1.29, 1.82) is 0 Å². The number of hydrogen-bond acceptors (Lipinski definition) is 2. The Hall–Kier alpha value is -1.04. The second kappa shape index (κ2) is 5.15. The maximum atomic E-state index is 6.26. The summed E-state index contributed by atoms with van der Waals surface area (Å²) >= 11 is 8.38. The van der Waals surface area contributed by atoms with E-state index in [9.17, 15) is 0 Å². The summed E-state index contributed by atoms with van der Waals surface area (Å²) in [6.45, 7) is 0. The first-order valence-electron chi connectivity index (χ1n) is 5.84. The van der Waals surface area contributed by atoms with Crippen molar-refractivity contribution in [2.45, 2.75) is 6.04 Å². The second-order valence-electron chi connectivity index (χ2n) is 4.34. The van der Waals surface area contributed by atoms with E-state index in [-0.39, 0.29) is 6.04 Å². The van der Waals surface area contributed by atoms with Gasteiger partial charge in [0.15, 0.2) is 5.58 Å². The van der Waals surface area contributed by atoms with E-state index in [1.165, 1.54) is 0 Å². The number of hydrogen-bond donors (Lipinski definition) is 1. The summed E-state index contributed by atoms with van der Waals surface area (Å²) in [7, 11) is 0. The van der Waals surface area contributed by atoms with Gasteiger partial charge in [0, 0.05) is 8.96 Å². The van der Waals surface area contributed by atoms with Gasteiger partial charge in [-0.2, -0.15) is 0 Å². The molecule has 2 nitrogen and oxygen atoms in total. The molecule has 0 amide bonds. The largest absolute Gasteiger partial charge is 0.457 e. The zero-order chi connectivity index (χ0) is 13.4. The summed E-state index contributed by atoms with van der Waals surface area (Å²) in [5.74, 6) is 0.727. The lowest BCUT2D eigenvalue weighted by atomic mass is 10.1. The van der Waals surface area contributed by atoms with E-state index in [4.69, 9.17) is 21.8 Å². The molecule has 1 aromatic heterocycles. The molecule has 2 aromatic carbocycles. The lowest BCUT2D eigenvalue weighted by Crippen LogP contribution is -2.10. The van der Waals surface area contributed by atoms with E-state index in [0.29, 0.717) is 10.6 Å². The lowest BCUT2D eigenvalue weighted by molar-refractivity contribution is 0.525. The molecule has 0 aliphatic rings. The molecular formula is C15H11ClINO. The number of nitrogens with two attached hydrogens (primary N) is 1. The van der Waals surface area contributed by atoms with Gasteiger partial charge in [-0.3, -0.25) is 0 Å². The Kier molecular flexibility index (Phi) is 3.52. The maximum Gasteiger partial charge on any atom is 0.152 e. The van der Waals surface area contributed by atoms with Crippen molar-refractivity contribution in [1.82, 2.24) is 0 Å². The van der Waals surface area contributed by atoms with Gasteiger partial charge < -0.3 is 10.2 Å². The third-order valence-corrected chi connectivity index (χ3v) is 4.00. The van der Waals surface area contributed by atoms with Gasteiger partial charge in [-0.25, -0.2) is 0 Å². The van der Waals surface area contributed by atoms with Crippen molar-refractivity contribution in [2.75, 3.05) is 0 Å². The fourth-order valence-corrected chi connectivity index (χ4v) is 2.85. The molecule has 96 valence electrons. The molecule has 0 bridgehead atoms. The van der Waals surface area contributed by atoms with Crippen LogP contribution < -0.4 is 5.73 Å². The van der Waals surface area contributed by atoms with Crippen molar-refractivity contribution >= 4 is 45.2 Å². The van der Waals surface area contributed by atoms with Gasteiger partial charge >= 0.3 is 0 Å². The van der Waals surface area contributed by atoms with Crippen LogP contribution in [0.2, 0.25) is 5.02 Å². The number of halogens is 2. The van der Waals surface area contributed by atoms with Crippen molar-refractivity contribution in [2.24, 2.45) is 5.73 Å². The summed E-state index contributed by atoms with van der Waals surface area (Å²) in [4.78, 5) is 0.